The molecule has 0 N–H and O–H groups in total. The van der Waals surface area contributed by atoms with Crippen LogP contribution in [0.4, 0.5) is 27.8 Å². The van der Waals surface area contributed by atoms with Crippen molar-refractivity contribution in [2.24, 2.45) is 21.8 Å². The molecule has 0 bridgehead atoms. The number of hydrogen-bond donors (Lipinski definition) is 0. The van der Waals surface area contributed by atoms with Crippen molar-refractivity contribution in [3.05, 3.63) is 281 Å². The average molecular weight is 1370 g/mol. The molecule has 6 aliphatic rings. The fraction of sp³-hybridized carbons (Fsp3) is 0.108. The van der Waals surface area contributed by atoms with Crippen molar-refractivity contribution in [3.8, 4) is 24.3 Å². The summed E-state index contributed by atoms with van der Waals surface area (Å²) < 4.78 is 97.2. The predicted molar refractivity (Wildman–Crippen MR) is 346 cm³/mol. The summed E-state index contributed by atoms with van der Waals surface area (Å²) in [6.45, 7) is -1.74. The third-order valence-corrected chi connectivity index (χ3v) is 18.7. The maximum atomic E-state index is 15.4. The van der Waals surface area contributed by atoms with Crippen LogP contribution < -0.4 is 0 Å². The van der Waals surface area contributed by atoms with Crippen LogP contribution in [0.5, 0.6) is 0 Å². The van der Waals surface area contributed by atoms with Crippen LogP contribution >= 0.6 is 22.7 Å². The van der Waals surface area contributed by atoms with E-state index in [2.05, 4.69) is 9.98 Å². The van der Waals surface area contributed by atoms with Gasteiger partial charge in [-0.15, -0.1) is 0 Å². The van der Waals surface area contributed by atoms with Gasteiger partial charge in [-0.2, -0.15) is 21.0 Å². The van der Waals surface area contributed by atoms with Gasteiger partial charge in [0, 0.05) is 56.4 Å². The molecule has 4 heterocycles. The summed E-state index contributed by atoms with van der Waals surface area (Å²) in [6.07, 6.45) is 6.26. The third-order valence-electron chi connectivity index (χ3n) is 16.7. The zero-order chi connectivity index (χ0) is 69.7. The minimum Gasteiger partial charge on any atom is -0.458 e. The number of allylic oxidation sites excluding steroid dienone is 10. The molecule has 0 saturated heterocycles. The second-order valence-corrected chi connectivity index (χ2v) is 24.6. The molecule has 2 atom stereocenters. The van der Waals surface area contributed by atoms with Gasteiger partial charge in [0.15, 0.2) is 23.3 Å². The zero-order valence-corrected chi connectivity index (χ0v) is 52.6. The van der Waals surface area contributed by atoms with Crippen molar-refractivity contribution in [2.75, 3.05) is 0 Å². The van der Waals surface area contributed by atoms with Crippen molar-refractivity contribution in [1.29, 1.82) is 21.0 Å². The van der Waals surface area contributed by atoms with Crippen LogP contribution in [0.3, 0.4) is 0 Å². The largest absolute Gasteiger partial charge is 0.458 e. The molecule has 6 aromatic carbocycles. The number of nitrogens with zero attached hydrogens (tertiary/aromatic N) is 8. The number of aliphatic imine (C=N–C) groups is 2. The Morgan fingerprint density at radius 2 is 0.740 bits per heavy atom. The Morgan fingerprint density at radius 3 is 1.03 bits per heavy atom. The molecule has 2 unspecified atom stereocenters. The maximum absolute atomic E-state index is 15.4. The molecule has 0 spiro atoms. The molecule has 2 aliphatic heterocycles. The number of thiazole rings is 2. The van der Waals surface area contributed by atoms with Gasteiger partial charge < -0.3 is 28.4 Å². The Labute approximate surface area is 570 Å². The van der Waals surface area contributed by atoms with E-state index in [9.17, 15) is 39.4 Å². The first-order valence-electron chi connectivity index (χ1n) is 30.0. The molecule has 0 fully saturated rings. The second-order valence-electron chi connectivity index (χ2n) is 22.7. The standard InChI is InChI=1S/C74H38F4N8O12S2/c75-51-25-45-47(27-53(51)77)61(87)59(57(45)43(29-79)30-80)83-71-85-65-63(99-71)49-21-42-24-56-50(22-41(42)23-55(49)97-73(65,67(89)93-33-37-13-5-1-6-14-37)68(90)94-34-38-15-7-2-8-16-38)64-66(86-72(100-64)84-60-58(44(31-81)32-82)46-26-52(76)54(78)28-48(46)62(60)88)74(98-56,69(91)95-35-39-17-9-3-10-18-39)70(92)96-36-40-19-11-4-12-20-40/h1-28,41-42H,33-36H2/b83-59-,84-60-. The van der Waals surface area contributed by atoms with Gasteiger partial charge in [0.05, 0.1) is 9.75 Å². The van der Waals surface area contributed by atoms with Crippen LogP contribution in [0.25, 0.3) is 22.3 Å². The van der Waals surface area contributed by atoms with Gasteiger partial charge in [0.1, 0.15) is 96.2 Å². The molecule has 0 radical (unpaired) electrons. The van der Waals surface area contributed by atoms with Crippen molar-refractivity contribution in [3.63, 3.8) is 0 Å². The van der Waals surface area contributed by atoms with Gasteiger partial charge in [0.25, 0.3) is 0 Å². The molecule has 100 heavy (non-hydrogen) atoms. The summed E-state index contributed by atoms with van der Waals surface area (Å²) in [6, 6.07) is 42.7. The number of halogens is 4. The average Bonchev–Trinajstić information content (AvgIpc) is 1.30. The van der Waals surface area contributed by atoms with Crippen molar-refractivity contribution < 1.29 is 74.8 Å². The van der Waals surface area contributed by atoms with Gasteiger partial charge in [-0.25, -0.2) is 56.7 Å². The number of fused-ring (bicyclic) bond motifs is 9. The Balaban J connectivity index is 0.960. The van der Waals surface area contributed by atoms with Crippen LogP contribution in [-0.4, -0.2) is 56.8 Å². The number of carbonyl (C=O) groups excluding carboxylic acids is 6. The van der Waals surface area contributed by atoms with E-state index in [1.54, 1.807) is 158 Å². The normalized spacial score (nSPS) is 17.5. The molecular formula is C74H38F4N8O12S2. The molecule has 20 nitrogen and oxygen atoms in total. The molecule has 0 saturated carbocycles. The number of Topliss-reactive ketones (excluding diaryl/α,β-unsaturated/α-hetero) is 2. The Hall–Kier alpha value is -13.1. The lowest BCUT2D eigenvalue weighted by molar-refractivity contribution is -0.191. The number of aromatic nitrogens is 2. The van der Waals surface area contributed by atoms with E-state index in [0.717, 1.165) is 0 Å². The number of rotatable bonds is 14. The van der Waals surface area contributed by atoms with Gasteiger partial charge in [-0.1, -0.05) is 156 Å². The second kappa shape index (κ2) is 25.8. The van der Waals surface area contributed by atoms with Gasteiger partial charge in [-0.3, -0.25) is 9.59 Å². The Morgan fingerprint density at radius 1 is 0.450 bits per heavy atom. The smallest absolute Gasteiger partial charge is 0.369 e. The summed E-state index contributed by atoms with van der Waals surface area (Å²) in [7, 11) is 0. The van der Waals surface area contributed by atoms with E-state index in [1.165, 1.54) is 12.2 Å². The maximum Gasteiger partial charge on any atom is 0.369 e. The predicted octanol–water partition coefficient (Wildman–Crippen LogP) is 12.6. The molecule has 8 aromatic rings. The number of ketones is 2. The topological polar surface area (TPSA) is 303 Å². The molecule has 2 aromatic heterocycles. The van der Waals surface area contributed by atoms with Crippen LogP contribution in [0.15, 0.2) is 203 Å². The number of nitriles is 4. The molecular weight excluding hydrogens is 1330 g/mol. The number of ether oxygens (including phenoxy) is 6. The SMILES string of the molecule is N#CC(C#N)=C1/C(=N/c2nc3c(s2)C2=CC4C=C5OC(C(=O)OCc6ccccc6)(C(=O)OCc6ccccc6)c6nc(/N=C7\C(=O)c8cc(F)c(F)cc8C7=C(C#N)C#N)sc6C5=CC4C=C2OC3(C(=O)OCc2ccccc2)C(=O)OCc2ccccc2)C(=O)c2cc(F)c(F)cc21. The summed E-state index contributed by atoms with van der Waals surface area (Å²) in [5, 5.41) is 39.8. The van der Waals surface area contributed by atoms with Crippen LogP contribution in [0.1, 0.15) is 75.2 Å². The van der Waals surface area contributed by atoms with E-state index in [-0.39, 0.29) is 43.5 Å². The number of hydrogen-bond acceptors (Lipinski definition) is 22. The van der Waals surface area contributed by atoms with Gasteiger partial charge in [0.2, 0.25) is 21.8 Å². The Kier molecular flexibility index (Phi) is 16.6. The monoisotopic (exact) mass is 1370 g/mol. The van der Waals surface area contributed by atoms with Crippen molar-refractivity contribution >= 4 is 102 Å². The van der Waals surface area contributed by atoms with Crippen LogP contribution in [0.2, 0.25) is 0 Å². The Bertz CT molecular complexity index is 4920. The van der Waals surface area contributed by atoms with E-state index in [0.29, 0.717) is 69.2 Å². The highest BCUT2D eigenvalue weighted by Gasteiger charge is 2.63. The fourth-order valence-electron chi connectivity index (χ4n) is 12.0. The third kappa shape index (κ3) is 11.0. The van der Waals surface area contributed by atoms with Gasteiger partial charge >= 0.3 is 35.1 Å². The molecule has 26 heteroatoms. The van der Waals surface area contributed by atoms with Gasteiger partial charge in [-0.05, 0) is 58.7 Å². The summed E-state index contributed by atoms with van der Waals surface area (Å²) in [5.41, 5.74) is -10.2. The highest BCUT2D eigenvalue weighted by Crippen LogP contribution is 2.57. The zero-order valence-electron chi connectivity index (χ0n) is 51.0. The summed E-state index contributed by atoms with van der Waals surface area (Å²) in [4.78, 5) is 109. The molecule has 4 aliphatic carbocycles. The van der Waals surface area contributed by atoms with E-state index >= 15 is 28.0 Å². The quantitative estimate of drug-likeness (QED) is 0.0321. The highest BCUT2D eigenvalue weighted by atomic mass is 32.1. The van der Waals surface area contributed by atoms with Crippen molar-refractivity contribution in [2.45, 2.75) is 37.6 Å². The van der Waals surface area contributed by atoms with E-state index < -0.39 is 175 Å². The first kappa shape index (κ1) is 64.2. The fourth-order valence-corrected chi connectivity index (χ4v) is 14.0. The lowest BCUT2D eigenvalue weighted by Gasteiger charge is -2.40. The lowest BCUT2D eigenvalue weighted by Crippen LogP contribution is -2.51. The highest BCUT2D eigenvalue weighted by molar-refractivity contribution is 7.17. The molecule has 14 rings (SSSR count). The summed E-state index contributed by atoms with van der Waals surface area (Å²) in [5.74, 6) is -15.4. The number of esters is 4. The van der Waals surface area contributed by atoms with E-state index in [4.69, 9.17) is 38.4 Å². The number of carbonyl (C=O) groups is 6. The minimum absolute atomic E-state index is 0.0389. The van der Waals surface area contributed by atoms with E-state index in [1.807, 2.05) is 0 Å². The number of benzene rings is 6. The van der Waals surface area contributed by atoms with Crippen molar-refractivity contribution in [1.82, 2.24) is 9.97 Å². The first-order valence-corrected chi connectivity index (χ1v) is 31.6. The molecule has 486 valence electrons. The van der Waals surface area contributed by atoms with Crippen LogP contribution in [0, 0.1) is 80.4 Å². The summed E-state index contributed by atoms with van der Waals surface area (Å²) >= 11 is 1.35. The van der Waals surface area contributed by atoms with Crippen LogP contribution in [-0.2, 0) is 85.2 Å². The lowest BCUT2D eigenvalue weighted by atomic mass is 9.76. The molecule has 0 amide bonds. The first-order chi connectivity index (χ1) is 48.5. The minimum atomic E-state index is -3.00.